The number of pyridine rings is 1. The molecule has 116 valence electrons. The van der Waals surface area contributed by atoms with Crippen molar-refractivity contribution in [2.45, 2.75) is 13.8 Å². The fraction of sp³-hybridized carbons (Fsp3) is 0.105. The van der Waals surface area contributed by atoms with E-state index in [0.717, 1.165) is 22.1 Å². The predicted octanol–water partition coefficient (Wildman–Crippen LogP) is 4.14. The predicted molar refractivity (Wildman–Crippen MR) is 91.6 cm³/mol. The highest BCUT2D eigenvalue weighted by atomic mass is 16.3. The first-order valence-corrected chi connectivity index (χ1v) is 7.25. The molecule has 0 spiro atoms. The first kappa shape index (κ1) is 14.9. The minimum absolute atomic E-state index is 0.151. The van der Waals surface area contributed by atoms with Crippen molar-refractivity contribution in [2.24, 2.45) is 0 Å². The number of aromatic nitrogens is 1. The minimum atomic E-state index is -0.164. The van der Waals surface area contributed by atoms with Gasteiger partial charge in [0, 0.05) is 5.39 Å². The van der Waals surface area contributed by atoms with Crippen LogP contribution in [0.15, 0.2) is 36.4 Å². The summed E-state index contributed by atoms with van der Waals surface area (Å²) in [4.78, 5) is 4.50. The number of phenols is 3. The highest BCUT2D eigenvalue weighted by Gasteiger charge is 2.08. The van der Waals surface area contributed by atoms with Gasteiger partial charge in [-0.15, -0.1) is 0 Å². The molecule has 0 saturated heterocycles. The van der Waals surface area contributed by atoms with E-state index in [4.69, 9.17) is 0 Å². The SMILES string of the molecule is Cc1cc(C)c2ccc(/C=C/c3ccc(O)c(O)c3)nc2c1O. The molecule has 0 bridgehead atoms. The number of aryl methyl sites for hydroxylation is 2. The van der Waals surface area contributed by atoms with Gasteiger partial charge in [-0.1, -0.05) is 24.3 Å². The van der Waals surface area contributed by atoms with Crippen molar-refractivity contribution < 1.29 is 15.3 Å². The third-order valence-corrected chi connectivity index (χ3v) is 3.82. The van der Waals surface area contributed by atoms with Gasteiger partial charge < -0.3 is 15.3 Å². The van der Waals surface area contributed by atoms with E-state index >= 15 is 0 Å². The molecule has 3 rings (SSSR count). The molecule has 0 amide bonds. The highest BCUT2D eigenvalue weighted by molar-refractivity contribution is 5.89. The Hall–Kier alpha value is -3.01. The van der Waals surface area contributed by atoms with Gasteiger partial charge in [-0.3, -0.25) is 0 Å². The molecule has 0 aliphatic heterocycles. The monoisotopic (exact) mass is 307 g/mol. The largest absolute Gasteiger partial charge is 0.505 e. The van der Waals surface area contributed by atoms with E-state index in [2.05, 4.69) is 4.98 Å². The lowest BCUT2D eigenvalue weighted by Crippen LogP contribution is -1.89. The summed E-state index contributed by atoms with van der Waals surface area (Å²) < 4.78 is 0. The Morgan fingerprint density at radius 3 is 2.35 bits per heavy atom. The second-order valence-electron chi connectivity index (χ2n) is 5.57. The Bertz CT molecular complexity index is 930. The minimum Gasteiger partial charge on any atom is -0.505 e. The average molecular weight is 307 g/mol. The van der Waals surface area contributed by atoms with Gasteiger partial charge in [-0.25, -0.2) is 4.98 Å². The molecule has 1 aromatic heterocycles. The molecule has 4 heteroatoms. The molecule has 23 heavy (non-hydrogen) atoms. The van der Waals surface area contributed by atoms with E-state index in [1.807, 2.05) is 32.0 Å². The maximum absolute atomic E-state index is 10.2. The zero-order valence-corrected chi connectivity index (χ0v) is 12.9. The molecule has 1 heterocycles. The Morgan fingerprint density at radius 1 is 0.826 bits per heavy atom. The van der Waals surface area contributed by atoms with Gasteiger partial charge >= 0.3 is 0 Å². The summed E-state index contributed by atoms with van der Waals surface area (Å²) in [7, 11) is 0. The summed E-state index contributed by atoms with van der Waals surface area (Å²) in [5.41, 5.74) is 3.89. The molecule has 3 N–H and O–H groups in total. The van der Waals surface area contributed by atoms with E-state index in [-0.39, 0.29) is 17.2 Å². The lowest BCUT2D eigenvalue weighted by Gasteiger charge is -2.08. The number of aromatic hydroxyl groups is 3. The highest BCUT2D eigenvalue weighted by Crippen LogP contribution is 2.30. The summed E-state index contributed by atoms with van der Waals surface area (Å²) in [5.74, 6) is -0.118. The van der Waals surface area contributed by atoms with Crippen molar-refractivity contribution in [3.8, 4) is 17.2 Å². The Labute approximate surface area is 134 Å². The number of nitrogens with zero attached hydrogens (tertiary/aromatic N) is 1. The zero-order chi connectivity index (χ0) is 16.6. The van der Waals surface area contributed by atoms with Crippen LogP contribution in [0, 0.1) is 13.8 Å². The van der Waals surface area contributed by atoms with Crippen molar-refractivity contribution in [2.75, 3.05) is 0 Å². The van der Waals surface area contributed by atoms with Crippen molar-refractivity contribution in [3.63, 3.8) is 0 Å². The van der Waals surface area contributed by atoms with Gasteiger partial charge in [0.15, 0.2) is 11.5 Å². The fourth-order valence-electron chi connectivity index (χ4n) is 2.55. The van der Waals surface area contributed by atoms with Crippen LogP contribution in [0.25, 0.3) is 23.1 Å². The first-order chi connectivity index (χ1) is 11.0. The number of fused-ring (bicyclic) bond motifs is 1. The van der Waals surface area contributed by atoms with Crippen molar-refractivity contribution >= 4 is 23.1 Å². The van der Waals surface area contributed by atoms with Gasteiger partial charge in [0.05, 0.1) is 5.69 Å². The van der Waals surface area contributed by atoms with E-state index < -0.39 is 0 Å². The number of hydrogen-bond donors (Lipinski definition) is 3. The summed E-state index contributed by atoms with van der Waals surface area (Å²) in [6, 6.07) is 10.3. The molecular weight excluding hydrogens is 290 g/mol. The molecule has 0 aliphatic rings. The quantitative estimate of drug-likeness (QED) is 0.622. The molecule has 4 nitrogen and oxygen atoms in total. The van der Waals surface area contributed by atoms with E-state index in [1.165, 1.54) is 12.1 Å². The van der Waals surface area contributed by atoms with Crippen LogP contribution in [0.5, 0.6) is 17.2 Å². The van der Waals surface area contributed by atoms with Gasteiger partial charge in [-0.2, -0.15) is 0 Å². The Balaban J connectivity index is 2.02. The normalized spacial score (nSPS) is 11.4. The van der Waals surface area contributed by atoms with E-state index in [0.29, 0.717) is 11.2 Å². The van der Waals surface area contributed by atoms with Crippen LogP contribution in [0.4, 0.5) is 0 Å². The van der Waals surface area contributed by atoms with Crippen molar-refractivity contribution in [3.05, 3.63) is 58.8 Å². The molecule has 0 atom stereocenters. The topological polar surface area (TPSA) is 73.6 Å². The zero-order valence-electron chi connectivity index (χ0n) is 12.9. The molecule has 0 unspecified atom stereocenters. The van der Waals surface area contributed by atoms with Crippen LogP contribution in [0.1, 0.15) is 22.4 Å². The molecule has 0 fully saturated rings. The maximum Gasteiger partial charge on any atom is 0.157 e. The molecule has 0 aliphatic carbocycles. The standard InChI is InChI=1S/C19H17NO3/c1-11-9-12(2)19(23)18-15(11)7-6-14(20-18)5-3-13-4-8-16(21)17(22)10-13/h3-10,21-23H,1-2H3/b5-3+. The summed E-state index contributed by atoms with van der Waals surface area (Å²) in [5, 5.41) is 30.0. The van der Waals surface area contributed by atoms with Crippen LogP contribution in [0.2, 0.25) is 0 Å². The van der Waals surface area contributed by atoms with Gasteiger partial charge in [-0.05, 0) is 54.8 Å². The second kappa shape index (κ2) is 5.65. The molecular formula is C19H17NO3. The summed E-state index contributed by atoms with van der Waals surface area (Å²) >= 11 is 0. The van der Waals surface area contributed by atoms with E-state index in [9.17, 15) is 15.3 Å². The lowest BCUT2D eigenvalue weighted by atomic mass is 10.0. The number of hydrogen-bond acceptors (Lipinski definition) is 4. The summed E-state index contributed by atoms with van der Waals surface area (Å²) in [6.07, 6.45) is 3.58. The van der Waals surface area contributed by atoms with E-state index in [1.54, 1.807) is 18.2 Å². The smallest absolute Gasteiger partial charge is 0.157 e. The number of benzene rings is 2. The van der Waals surface area contributed by atoms with Crippen molar-refractivity contribution in [1.29, 1.82) is 0 Å². The van der Waals surface area contributed by atoms with Crippen LogP contribution >= 0.6 is 0 Å². The van der Waals surface area contributed by atoms with Gasteiger partial charge in [0.2, 0.25) is 0 Å². The first-order valence-electron chi connectivity index (χ1n) is 7.25. The van der Waals surface area contributed by atoms with Crippen LogP contribution in [0.3, 0.4) is 0 Å². The fourth-order valence-corrected chi connectivity index (χ4v) is 2.55. The third-order valence-electron chi connectivity index (χ3n) is 3.82. The Kier molecular flexibility index (Phi) is 3.66. The van der Waals surface area contributed by atoms with Gasteiger partial charge in [0.1, 0.15) is 11.3 Å². The maximum atomic E-state index is 10.2. The molecule has 3 aromatic rings. The second-order valence-corrected chi connectivity index (χ2v) is 5.57. The van der Waals surface area contributed by atoms with Gasteiger partial charge in [0.25, 0.3) is 0 Å². The average Bonchev–Trinajstić information content (AvgIpc) is 2.53. The molecule has 0 radical (unpaired) electrons. The molecule has 2 aromatic carbocycles. The Morgan fingerprint density at radius 2 is 1.61 bits per heavy atom. The number of rotatable bonds is 2. The van der Waals surface area contributed by atoms with Crippen molar-refractivity contribution in [1.82, 2.24) is 4.98 Å². The summed E-state index contributed by atoms with van der Waals surface area (Å²) in [6.45, 7) is 3.84. The van der Waals surface area contributed by atoms with Crippen LogP contribution < -0.4 is 0 Å². The van der Waals surface area contributed by atoms with Crippen LogP contribution in [-0.2, 0) is 0 Å². The van der Waals surface area contributed by atoms with Crippen LogP contribution in [-0.4, -0.2) is 20.3 Å². The lowest BCUT2D eigenvalue weighted by molar-refractivity contribution is 0.403. The number of phenolic OH excluding ortho intramolecular Hbond substituents is 3. The molecule has 0 saturated carbocycles. The third kappa shape index (κ3) is 2.83.